The summed E-state index contributed by atoms with van der Waals surface area (Å²) in [5.74, 6) is 0. The number of allylic oxidation sites excluding steroid dienone is 1. The Hall–Kier alpha value is -0.560. The molecule has 0 saturated carbocycles. The summed E-state index contributed by atoms with van der Waals surface area (Å²) < 4.78 is 0. The van der Waals surface area contributed by atoms with Gasteiger partial charge in [0.05, 0.1) is 0 Å². The second-order valence-corrected chi connectivity index (χ2v) is 3.42. The zero-order valence-electron chi connectivity index (χ0n) is 7.35. The molecule has 0 bridgehead atoms. The Labute approximate surface area is 68.4 Å². The number of rotatable bonds is 1. The van der Waals surface area contributed by atoms with Gasteiger partial charge in [0.25, 0.3) is 0 Å². The molecular weight excluding hydrogens is 136 g/mol. The highest BCUT2D eigenvalue weighted by atomic mass is 16.3. The van der Waals surface area contributed by atoms with E-state index in [1.54, 1.807) is 0 Å². The molecule has 1 atom stereocenters. The minimum absolute atomic E-state index is 0.696. The second-order valence-electron chi connectivity index (χ2n) is 3.42. The van der Waals surface area contributed by atoms with Crippen molar-refractivity contribution in [2.75, 3.05) is 0 Å². The molecule has 0 amide bonds. The first-order chi connectivity index (χ1) is 5.07. The Bertz CT molecular complexity index is 203. The van der Waals surface area contributed by atoms with Crippen LogP contribution in [0.4, 0.5) is 0 Å². The summed E-state index contributed by atoms with van der Waals surface area (Å²) in [6, 6.07) is 0. The first-order valence-electron chi connectivity index (χ1n) is 4.13. The van der Waals surface area contributed by atoms with Crippen molar-refractivity contribution in [2.24, 2.45) is 0 Å². The third-order valence-electron chi connectivity index (χ3n) is 2.55. The van der Waals surface area contributed by atoms with Crippen molar-refractivity contribution in [3.8, 4) is 0 Å². The first kappa shape index (κ1) is 8.54. The fraction of sp³-hybridized carbons (Fsp3) is 0.600. The van der Waals surface area contributed by atoms with Gasteiger partial charge in [-0.25, -0.2) is 0 Å². The number of aliphatic hydroxyl groups is 1. The van der Waals surface area contributed by atoms with E-state index in [0.29, 0.717) is 0 Å². The minimum Gasteiger partial charge on any atom is -0.381 e. The van der Waals surface area contributed by atoms with E-state index in [-0.39, 0.29) is 0 Å². The van der Waals surface area contributed by atoms with Gasteiger partial charge in [-0.3, -0.25) is 0 Å². The van der Waals surface area contributed by atoms with Gasteiger partial charge < -0.3 is 5.11 Å². The van der Waals surface area contributed by atoms with Crippen LogP contribution in [-0.4, -0.2) is 10.7 Å². The molecule has 0 heterocycles. The van der Waals surface area contributed by atoms with Crippen LogP contribution in [0.5, 0.6) is 0 Å². The Morgan fingerprint density at radius 2 is 2.36 bits per heavy atom. The lowest BCUT2D eigenvalue weighted by molar-refractivity contribution is 0.0994. The van der Waals surface area contributed by atoms with E-state index < -0.39 is 5.60 Å². The third-order valence-corrected chi connectivity index (χ3v) is 2.55. The molecule has 0 aromatic heterocycles. The van der Waals surface area contributed by atoms with Crippen molar-refractivity contribution < 1.29 is 5.11 Å². The lowest BCUT2D eigenvalue weighted by Crippen LogP contribution is -2.32. The molecule has 62 valence electrons. The van der Waals surface area contributed by atoms with Gasteiger partial charge in [-0.15, -0.1) is 0 Å². The second kappa shape index (κ2) is 2.82. The van der Waals surface area contributed by atoms with Crippen LogP contribution in [0.15, 0.2) is 23.8 Å². The van der Waals surface area contributed by atoms with Gasteiger partial charge in [0.2, 0.25) is 0 Å². The maximum Gasteiger partial charge on any atom is 0.106 e. The lowest BCUT2D eigenvalue weighted by atomic mass is 9.80. The van der Waals surface area contributed by atoms with Gasteiger partial charge in [0, 0.05) is 0 Å². The molecule has 1 aliphatic carbocycles. The van der Waals surface area contributed by atoms with Crippen LogP contribution in [0.1, 0.15) is 33.1 Å². The molecule has 1 unspecified atom stereocenters. The minimum atomic E-state index is -0.696. The molecular formula is C10H16O. The van der Waals surface area contributed by atoms with Crippen LogP contribution < -0.4 is 0 Å². The van der Waals surface area contributed by atoms with E-state index in [1.165, 1.54) is 0 Å². The number of hydrogen-bond acceptors (Lipinski definition) is 1. The van der Waals surface area contributed by atoms with Crippen molar-refractivity contribution in [3.05, 3.63) is 23.8 Å². The summed E-state index contributed by atoms with van der Waals surface area (Å²) in [4.78, 5) is 0. The molecule has 0 aromatic rings. The van der Waals surface area contributed by atoms with E-state index >= 15 is 0 Å². The molecule has 1 aliphatic rings. The highest BCUT2D eigenvalue weighted by Crippen LogP contribution is 2.33. The third kappa shape index (κ3) is 1.38. The van der Waals surface area contributed by atoms with E-state index in [4.69, 9.17) is 0 Å². The normalized spacial score (nSPS) is 31.4. The van der Waals surface area contributed by atoms with Crippen LogP contribution in [-0.2, 0) is 0 Å². The summed E-state index contributed by atoms with van der Waals surface area (Å²) in [5.41, 5.74) is 1.24. The van der Waals surface area contributed by atoms with Crippen molar-refractivity contribution in [1.29, 1.82) is 0 Å². The molecule has 0 fully saturated rings. The summed E-state index contributed by atoms with van der Waals surface area (Å²) in [5, 5.41) is 10.0. The largest absolute Gasteiger partial charge is 0.381 e. The Kier molecular flexibility index (Phi) is 2.19. The van der Waals surface area contributed by atoms with Crippen LogP contribution in [0.3, 0.4) is 0 Å². The van der Waals surface area contributed by atoms with Gasteiger partial charge >= 0.3 is 0 Å². The molecule has 0 aliphatic heterocycles. The average molecular weight is 152 g/mol. The van der Waals surface area contributed by atoms with Gasteiger partial charge in [-0.1, -0.05) is 12.7 Å². The Morgan fingerprint density at radius 1 is 1.73 bits per heavy atom. The SMILES string of the molecule is C=C(C)C1(O)CCCC=C1C. The molecule has 1 heteroatoms. The topological polar surface area (TPSA) is 20.2 Å². The van der Waals surface area contributed by atoms with Gasteiger partial charge in [0.1, 0.15) is 5.60 Å². The summed E-state index contributed by atoms with van der Waals surface area (Å²) in [6.07, 6.45) is 5.12. The predicted octanol–water partition coefficient (Wildman–Crippen LogP) is 2.42. The van der Waals surface area contributed by atoms with E-state index in [9.17, 15) is 5.11 Å². The summed E-state index contributed by atoms with van der Waals surface area (Å²) >= 11 is 0. The summed E-state index contributed by atoms with van der Waals surface area (Å²) in [6.45, 7) is 7.68. The standard InChI is InChI=1S/C10H16O/c1-8(2)10(11)7-5-4-6-9(10)3/h6,11H,1,4-5,7H2,2-3H3. The van der Waals surface area contributed by atoms with Crippen molar-refractivity contribution in [1.82, 2.24) is 0 Å². The molecule has 1 N–H and O–H groups in total. The lowest BCUT2D eigenvalue weighted by Gasteiger charge is -2.32. The molecule has 0 spiro atoms. The van der Waals surface area contributed by atoms with Crippen LogP contribution >= 0.6 is 0 Å². The quantitative estimate of drug-likeness (QED) is 0.572. The van der Waals surface area contributed by atoms with Gasteiger partial charge in [-0.05, 0) is 44.3 Å². The molecule has 0 aromatic carbocycles. The van der Waals surface area contributed by atoms with Crippen molar-refractivity contribution in [3.63, 3.8) is 0 Å². The molecule has 0 radical (unpaired) electrons. The van der Waals surface area contributed by atoms with Crippen LogP contribution in [0, 0.1) is 0 Å². The van der Waals surface area contributed by atoms with Crippen molar-refractivity contribution in [2.45, 2.75) is 38.7 Å². The van der Waals surface area contributed by atoms with Gasteiger partial charge in [-0.2, -0.15) is 0 Å². The molecule has 1 rings (SSSR count). The summed E-state index contributed by atoms with van der Waals surface area (Å²) in [7, 11) is 0. The van der Waals surface area contributed by atoms with Crippen LogP contribution in [0.2, 0.25) is 0 Å². The Morgan fingerprint density at radius 3 is 2.73 bits per heavy atom. The Balaban J connectivity index is 2.92. The maximum absolute atomic E-state index is 10.0. The zero-order valence-corrected chi connectivity index (χ0v) is 7.35. The monoisotopic (exact) mass is 152 g/mol. The fourth-order valence-corrected chi connectivity index (χ4v) is 1.59. The zero-order chi connectivity index (χ0) is 8.48. The van der Waals surface area contributed by atoms with E-state index in [2.05, 4.69) is 12.7 Å². The average Bonchev–Trinajstić information content (AvgIpc) is 1.95. The number of hydrogen-bond donors (Lipinski definition) is 1. The van der Waals surface area contributed by atoms with E-state index in [0.717, 1.165) is 30.4 Å². The van der Waals surface area contributed by atoms with Gasteiger partial charge in [0.15, 0.2) is 0 Å². The maximum atomic E-state index is 10.0. The first-order valence-corrected chi connectivity index (χ1v) is 4.13. The highest BCUT2D eigenvalue weighted by molar-refractivity contribution is 5.29. The fourth-order valence-electron chi connectivity index (χ4n) is 1.59. The highest BCUT2D eigenvalue weighted by Gasteiger charge is 2.30. The van der Waals surface area contributed by atoms with Crippen molar-refractivity contribution >= 4 is 0 Å². The molecule has 11 heavy (non-hydrogen) atoms. The van der Waals surface area contributed by atoms with E-state index in [1.807, 2.05) is 13.8 Å². The molecule has 0 saturated heterocycles. The predicted molar refractivity (Wildman–Crippen MR) is 47.4 cm³/mol. The smallest absolute Gasteiger partial charge is 0.106 e. The molecule has 1 nitrogen and oxygen atoms in total. The van der Waals surface area contributed by atoms with Crippen LogP contribution in [0.25, 0.3) is 0 Å².